The number of rotatable bonds is 3. The molecule has 0 aliphatic heterocycles. The largest absolute Gasteiger partial charge is 0.481 e. The molecule has 0 saturated heterocycles. The monoisotopic (exact) mass is 204 g/mol. The normalized spacial score (nSPS) is 12.9. The maximum absolute atomic E-state index is 10.6. The number of aromatic amines is 1. The first kappa shape index (κ1) is 9.71. The van der Waals surface area contributed by atoms with E-state index in [0.29, 0.717) is 0 Å². The van der Waals surface area contributed by atoms with E-state index in [0.717, 1.165) is 16.6 Å². The minimum atomic E-state index is -0.771. The van der Waals surface area contributed by atoms with Crippen molar-refractivity contribution in [2.24, 2.45) is 0 Å². The van der Waals surface area contributed by atoms with Crippen LogP contribution in [0.2, 0.25) is 0 Å². The molecular formula is C11H12N2O2. The standard InChI is InChI=1S/C11H12N2O2/c1-7(4-11(14)15)8-2-3-9-10(5-8)13-6-12-9/h2-3,5-7H,4H2,1H3,(H,12,13)(H,14,15). The van der Waals surface area contributed by atoms with E-state index in [-0.39, 0.29) is 12.3 Å². The van der Waals surface area contributed by atoms with E-state index in [4.69, 9.17) is 5.11 Å². The van der Waals surface area contributed by atoms with Gasteiger partial charge in [0.25, 0.3) is 0 Å². The van der Waals surface area contributed by atoms with Gasteiger partial charge in [0.05, 0.1) is 23.8 Å². The molecule has 0 radical (unpaired) electrons. The third-order valence-corrected chi connectivity index (χ3v) is 2.49. The number of H-pyrrole nitrogens is 1. The number of nitrogens with one attached hydrogen (secondary N) is 1. The Morgan fingerprint density at radius 1 is 1.60 bits per heavy atom. The summed E-state index contributed by atoms with van der Waals surface area (Å²) in [6.45, 7) is 1.91. The number of aliphatic carboxylic acids is 1. The van der Waals surface area contributed by atoms with Crippen LogP contribution in [0.4, 0.5) is 0 Å². The molecule has 1 aromatic carbocycles. The lowest BCUT2D eigenvalue weighted by atomic mass is 9.97. The Bertz CT molecular complexity index is 490. The number of carboxylic acid groups (broad SMARTS) is 1. The summed E-state index contributed by atoms with van der Waals surface area (Å²) in [7, 11) is 0. The predicted molar refractivity (Wildman–Crippen MR) is 56.8 cm³/mol. The molecule has 1 unspecified atom stereocenters. The second-order valence-electron chi connectivity index (χ2n) is 3.68. The SMILES string of the molecule is CC(CC(=O)O)c1ccc2nc[nH]c2c1. The smallest absolute Gasteiger partial charge is 0.303 e. The predicted octanol–water partition coefficient (Wildman–Crippen LogP) is 2.14. The van der Waals surface area contributed by atoms with Gasteiger partial charge in [-0.2, -0.15) is 0 Å². The molecule has 2 N–H and O–H groups in total. The highest BCUT2D eigenvalue weighted by atomic mass is 16.4. The van der Waals surface area contributed by atoms with Gasteiger partial charge >= 0.3 is 5.97 Å². The molecule has 0 spiro atoms. The van der Waals surface area contributed by atoms with Gasteiger partial charge in [0.15, 0.2) is 0 Å². The molecule has 0 saturated carbocycles. The maximum atomic E-state index is 10.6. The third kappa shape index (κ3) is 1.98. The summed E-state index contributed by atoms with van der Waals surface area (Å²) < 4.78 is 0. The van der Waals surface area contributed by atoms with Crippen LogP contribution < -0.4 is 0 Å². The number of nitrogens with zero attached hydrogens (tertiary/aromatic N) is 1. The minimum absolute atomic E-state index is 0.0233. The summed E-state index contributed by atoms with van der Waals surface area (Å²) in [5, 5.41) is 8.70. The van der Waals surface area contributed by atoms with E-state index in [1.165, 1.54) is 0 Å². The van der Waals surface area contributed by atoms with Crippen LogP contribution >= 0.6 is 0 Å². The zero-order valence-corrected chi connectivity index (χ0v) is 8.40. The molecule has 0 amide bonds. The number of imidazole rings is 1. The second-order valence-corrected chi connectivity index (χ2v) is 3.68. The van der Waals surface area contributed by atoms with Crippen molar-refractivity contribution in [1.29, 1.82) is 0 Å². The molecule has 0 aliphatic carbocycles. The van der Waals surface area contributed by atoms with Gasteiger partial charge in [-0.3, -0.25) is 4.79 Å². The summed E-state index contributed by atoms with van der Waals surface area (Å²) in [5.74, 6) is -0.748. The zero-order valence-electron chi connectivity index (χ0n) is 8.40. The Morgan fingerprint density at radius 2 is 2.40 bits per heavy atom. The van der Waals surface area contributed by atoms with Gasteiger partial charge in [-0.05, 0) is 23.6 Å². The number of aromatic nitrogens is 2. The Morgan fingerprint density at radius 3 is 3.13 bits per heavy atom. The van der Waals surface area contributed by atoms with Crippen LogP contribution in [-0.4, -0.2) is 21.0 Å². The van der Waals surface area contributed by atoms with Crippen molar-refractivity contribution in [3.63, 3.8) is 0 Å². The average molecular weight is 204 g/mol. The van der Waals surface area contributed by atoms with Crippen molar-refractivity contribution in [3.8, 4) is 0 Å². The zero-order chi connectivity index (χ0) is 10.8. The lowest BCUT2D eigenvalue weighted by Crippen LogP contribution is -2.02. The molecule has 4 heteroatoms. The first-order chi connectivity index (χ1) is 7.16. The first-order valence-corrected chi connectivity index (χ1v) is 4.81. The highest BCUT2D eigenvalue weighted by Crippen LogP contribution is 2.21. The fourth-order valence-corrected chi connectivity index (χ4v) is 1.64. The highest BCUT2D eigenvalue weighted by Gasteiger charge is 2.10. The van der Waals surface area contributed by atoms with Gasteiger partial charge in [-0.25, -0.2) is 4.98 Å². The van der Waals surface area contributed by atoms with Crippen LogP contribution in [-0.2, 0) is 4.79 Å². The summed E-state index contributed by atoms with van der Waals surface area (Å²) in [4.78, 5) is 17.7. The molecule has 0 fully saturated rings. The number of fused-ring (bicyclic) bond motifs is 1. The average Bonchev–Trinajstić information content (AvgIpc) is 2.62. The summed E-state index contributed by atoms with van der Waals surface area (Å²) >= 11 is 0. The Hall–Kier alpha value is -1.84. The van der Waals surface area contributed by atoms with Crippen molar-refractivity contribution in [2.45, 2.75) is 19.3 Å². The van der Waals surface area contributed by atoms with E-state index in [9.17, 15) is 4.79 Å². The maximum Gasteiger partial charge on any atom is 0.303 e. The molecule has 1 heterocycles. The number of hydrogen-bond acceptors (Lipinski definition) is 2. The van der Waals surface area contributed by atoms with Crippen LogP contribution in [0.1, 0.15) is 24.8 Å². The lowest BCUT2D eigenvalue weighted by Gasteiger charge is -2.08. The molecule has 1 aromatic heterocycles. The van der Waals surface area contributed by atoms with E-state index >= 15 is 0 Å². The molecule has 0 aliphatic rings. The van der Waals surface area contributed by atoms with Crippen LogP contribution in [0.5, 0.6) is 0 Å². The summed E-state index contributed by atoms with van der Waals surface area (Å²) in [6.07, 6.45) is 1.79. The number of carbonyl (C=O) groups is 1. The highest BCUT2D eigenvalue weighted by molar-refractivity contribution is 5.75. The van der Waals surface area contributed by atoms with E-state index in [1.807, 2.05) is 25.1 Å². The molecule has 1 atom stereocenters. The molecule has 4 nitrogen and oxygen atoms in total. The number of hydrogen-bond donors (Lipinski definition) is 2. The molecular weight excluding hydrogens is 192 g/mol. The van der Waals surface area contributed by atoms with Crippen molar-refractivity contribution >= 4 is 17.0 Å². The van der Waals surface area contributed by atoms with Crippen LogP contribution in [0.25, 0.3) is 11.0 Å². The quantitative estimate of drug-likeness (QED) is 0.804. The van der Waals surface area contributed by atoms with Gasteiger partial charge in [0.2, 0.25) is 0 Å². The van der Waals surface area contributed by atoms with Crippen LogP contribution in [0.3, 0.4) is 0 Å². The summed E-state index contributed by atoms with van der Waals surface area (Å²) in [6, 6.07) is 5.78. The van der Waals surface area contributed by atoms with Crippen LogP contribution in [0, 0.1) is 0 Å². The van der Waals surface area contributed by atoms with Crippen LogP contribution in [0.15, 0.2) is 24.5 Å². The molecule has 15 heavy (non-hydrogen) atoms. The number of benzene rings is 1. The Balaban J connectivity index is 2.30. The fraction of sp³-hybridized carbons (Fsp3) is 0.273. The first-order valence-electron chi connectivity index (χ1n) is 4.81. The topological polar surface area (TPSA) is 66.0 Å². The lowest BCUT2D eigenvalue weighted by molar-refractivity contribution is -0.137. The molecule has 2 rings (SSSR count). The molecule has 0 bridgehead atoms. The van der Waals surface area contributed by atoms with Crippen molar-refractivity contribution in [3.05, 3.63) is 30.1 Å². The molecule has 78 valence electrons. The summed E-state index contributed by atoms with van der Waals surface area (Å²) in [5.41, 5.74) is 2.88. The van der Waals surface area contributed by atoms with E-state index in [2.05, 4.69) is 9.97 Å². The van der Waals surface area contributed by atoms with Crippen molar-refractivity contribution in [2.75, 3.05) is 0 Å². The minimum Gasteiger partial charge on any atom is -0.481 e. The van der Waals surface area contributed by atoms with Gasteiger partial charge in [-0.1, -0.05) is 13.0 Å². The molecule has 2 aromatic rings. The number of carboxylic acids is 1. The Kier molecular flexibility index (Phi) is 2.41. The van der Waals surface area contributed by atoms with Crippen molar-refractivity contribution < 1.29 is 9.90 Å². The fourth-order valence-electron chi connectivity index (χ4n) is 1.64. The second kappa shape index (κ2) is 3.73. The van der Waals surface area contributed by atoms with Gasteiger partial charge in [-0.15, -0.1) is 0 Å². The Labute approximate surface area is 87.0 Å². The van der Waals surface area contributed by atoms with E-state index in [1.54, 1.807) is 6.33 Å². The van der Waals surface area contributed by atoms with Gasteiger partial charge in [0.1, 0.15) is 0 Å². The van der Waals surface area contributed by atoms with Crippen molar-refractivity contribution in [1.82, 2.24) is 9.97 Å². The van der Waals surface area contributed by atoms with E-state index < -0.39 is 5.97 Å². The van der Waals surface area contributed by atoms with Gasteiger partial charge in [0, 0.05) is 0 Å². The third-order valence-electron chi connectivity index (χ3n) is 2.49. The van der Waals surface area contributed by atoms with Gasteiger partial charge < -0.3 is 10.1 Å².